The fourth-order valence-electron chi connectivity index (χ4n) is 1.11. The minimum absolute atomic E-state index is 0.443. The highest BCUT2D eigenvalue weighted by Crippen LogP contribution is 2.11. The lowest BCUT2D eigenvalue weighted by Gasteiger charge is -2.21. The van der Waals surface area contributed by atoms with Crippen molar-refractivity contribution in [3.05, 3.63) is 12.7 Å². The van der Waals surface area contributed by atoms with Gasteiger partial charge in [-0.25, -0.2) is 0 Å². The summed E-state index contributed by atoms with van der Waals surface area (Å²) in [5, 5.41) is 0. The first kappa shape index (κ1) is 10.7. The summed E-state index contributed by atoms with van der Waals surface area (Å²) in [6.45, 7) is 8.08. The molecule has 0 heterocycles. The molecule has 0 aliphatic carbocycles. The molecule has 2 heteroatoms. The predicted molar refractivity (Wildman–Crippen MR) is 50.0 cm³/mol. The Kier molecular flexibility index (Phi) is 6.18. The number of nitrogens with one attached hydrogen (secondary N) is 1. The first-order chi connectivity index (χ1) is 5.26. The van der Waals surface area contributed by atoms with Crippen LogP contribution in [0.15, 0.2) is 12.7 Å². The van der Waals surface area contributed by atoms with Gasteiger partial charge in [-0.15, -0.1) is 6.58 Å². The van der Waals surface area contributed by atoms with Crippen molar-refractivity contribution < 1.29 is 0 Å². The summed E-state index contributed by atoms with van der Waals surface area (Å²) in [6.07, 6.45) is 5.24. The molecule has 2 nitrogen and oxygen atoms in total. The van der Waals surface area contributed by atoms with Gasteiger partial charge in [0.2, 0.25) is 0 Å². The van der Waals surface area contributed by atoms with Crippen LogP contribution < -0.4 is 11.3 Å². The van der Waals surface area contributed by atoms with Gasteiger partial charge in [-0.1, -0.05) is 26.3 Å². The zero-order valence-corrected chi connectivity index (χ0v) is 7.64. The number of hydrogen-bond donors (Lipinski definition) is 2. The van der Waals surface area contributed by atoms with E-state index in [0.29, 0.717) is 12.0 Å². The second kappa shape index (κ2) is 6.38. The van der Waals surface area contributed by atoms with Gasteiger partial charge in [0.1, 0.15) is 0 Å². The Balaban J connectivity index is 3.64. The Morgan fingerprint density at radius 3 is 2.64 bits per heavy atom. The molecule has 11 heavy (non-hydrogen) atoms. The summed E-state index contributed by atoms with van der Waals surface area (Å²) in [5.41, 5.74) is 2.84. The zero-order chi connectivity index (χ0) is 8.69. The summed E-state index contributed by atoms with van der Waals surface area (Å²) >= 11 is 0. The van der Waals surface area contributed by atoms with Gasteiger partial charge in [0.05, 0.1) is 0 Å². The quantitative estimate of drug-likeness (QED) is 0.350. The van der Waals surface area contributed by atoms with E-state index in [-0.39, 0.29) is 0 Å². The second-order valence-electron chi connectivity index (χ2n) is 3.02. The lowest BCUT2D eigenvalue weighted by atomic mass is 9.96. The largest absolute Gasteiger partial charge is 0.271 e. The molecule has 0 aromatic rings. The maximum absolute atomic E-state index is 5.41. The van der Waals surface area contributed by atoms with Gasteiger partial charge in [-0.05, 0) is 18.8 Å². The molecule has 2 atom stereocenters. The molecule has 0 aliphatic heterocycles. The molecule has 0 aromatic heterocycles. The van der Waals surface area contributed by atoms with Crippen LogP contribution in [0.2, 0.25) is 0 Å². The number of hydrogen-bond acceptors (Lipinski definition) is 2. The highest BCUT2D eigenvalue weighted by Gasteiger charge is 2.11. The monoisotopic (exact) mass is 156 g/mol. The molecular formula is C9H20N2. The minimum atomic E-state index is 0.443. The number of rotatable bonds is 6. The van der Waals surface area contributed by atoms with E-state index in [0.717, 1.165) is 12.8 Å². The Morgan fingerprint density at radius 2 is 2.27 bits per heavy atom. The Hall–Kier alpha value is -0.340. The predicted octanol–water partition coefficient (Wildman–Crippen LogP) is 1.83. The first-order valence-corrected chi connectivity index (χ1v) is 4.33. The van der Waals surface area contributed by atoms with Crippen molar-refractivity contribution in [3.63, 3.8) is 0 Å². The zero-order valence-electron chi connectivity index (χ0n) is 7.64. The second-order valence-corrected chi connectivity index (χ2v) is 3.02. The molecule has 0 rings (SSSR count). The minimum Gasteiger partial charge on any atom is -0.271 e. The molecule has 3 N–H and O–H groups in total. The highest BCUT2D eigenvalue weighted by atomic mass is 15.2. The van der Waals surface area contributed by atoms with E-state index in [2.05, 4.69) is 25.9 Å². The number of hydrazine groups is 1. The van der Waals surface area contributed by atoms with Crippen LogP contribution in [0, 0.1) is 5.92 Å². The maximum atomic E-state index is 5.41. The smallest absolute Gasteiger partial charge is 0.0239 e. The van der Waals surface area contributed by atoms with Gasteiger partial charge in [0.25, 0.3) is 0 Å². The third kappa shape index (κ3) is 4.17. The van der Waals surface area contributed by atoms with E-state index < -0.39 is 0 Å². The van der Waals surface area contributed by atoms with Crippen molar-refractivity contribution >= 4 is 0 Å². The van der Waals surface area contributed by atoms with Crippen LogP contribution in [-0.2, 0) is 0 Å². The van der Waals surface area contributed by atoms with Crippen molar-refractivity contribution in [2.75, 3.05) is 0 Å². The molecule has 0 aromatic carbocycles. The van der Waals surface area contributed by atoms with Crippen molar-refractivity contribution in [1.82, 2.24) is 5.43 Å². The molecule has 0 fully saturated rings. The van der Waals surface area contributed by atoms with Gasteiger partial charge in [0, 0.05) is 6.04 Å². The van der Waals surface area contributed by atoms with E-state index in [4.69, 9.17) is 5.84 Å². The van der Waals surface area contributed by atoms with Crippen molar-refractivity contribution in [2.45, 2.75) is 39.2 Å². The summed E-state index contributed by atoms with van der Waals surface area (Å²) in [5.74, 6) is 6.06. The molecule has 0 spiro atoms. The van der Waals surface area contributed by atoms with Crippen LogP contribution in [0.1, 0.15) is 33.1 Å². The van der Waals surface area contributed by atoms with E-state index in [9.17, 15) is 0 Å². The van der Waals surface area contributed by atoms with Crippen LogP contribution in [-0.4, -0.2) is 6.04 Å². The Labute approximate surface area is 69.8 Å². The average molecular weight is 156 g/mol. The van der Waals surface area contributed by atoms with Gasteiger partial charge in [-0.3, -0.25) is 11.3 Å². The molecule has 0 radical (unpaired) electrons. The molecule has 2 unspecified atom stereocenters. The summed E-state index contributed by atoms with van der Waals surface area (Å²) in [7, 11) is 0. The SMILES string of the molecule is C=CCCC(NN)C(C)CC. The van der Waals surface area contributed by atoms with Gasteiger partial charge in [-0.2, -0.15) is 0 Å². The fourth-order valence-corrected chi connectivity index (χ4v) is 1.11. The Bertz CT molecular complexity index is 102. The molecule has 0 aliphatic rings. The third-order valence-corrected chi connectivity index (χ3v) is 2.23. The van der Waals surface area contributed by atoms with E-state index in [1.165, 1.54) is 6.42 Å². The van der Waals surface area contributed by atoms with Crippen LogP contribution >= 0.6 is 0 Å². The van der Waals surface area contributed by atoms with Gasteiger partial charge < -0.3 is 0 Å². The van der Waals surface area contributed by atoms with Gasteiger partial charge >= 0.3 is 0 Å². The topological polar surface area (TPSA) is 38.0 Å². The maximum Gasteiger partial charge on any atom is 0.0239 e. The lowest BCUT2D eigenvalue weighted by Crippen LogP contribution is -2.39. The summed E-state index contributed by atoms with van der Waals surface area (Å²) in [6, 6.07) is 0.443. The van der Waals surface area contributed by atoms with Crippen LogP contribution in [0.5, 0.6) is 0 Å². The normalized spacial score (nSPS) is 15.9. The molecule has 0 bridgehead atoms. The molecule has 0 saturated carbocycles. The average Bonchev–Trinajstić information content (AvgIpc) is 2.05. The van der Waals surface area contributed by atoms with Crippen LogP contribution in [0.3, 0.4) is 0 Å². The highest BCUT2D eigenvalue weighted by molar-refractivity contribution is 4.75. The van der Waals surface area contributed by atoms with E-state index >= 15 is 0 Å². The fraction of sp³-hybridized carbons (Fsp3) is 0.778. The van der Waals surface area contributed by atoms with Gasteiger partial charge in [0.15, 0.2) is 0 Å². The Morgan fingerprint density at radius 1 is 1.64 bits per heavy atom. The lowest BCUT2D eigenvalue weighted by molar-refractivity contribution is 0.355. The standard InChI is InChI=1S/C9H20N2/c1-4-6-7-9(11-10)8(3)5-2/h4,8-9,11H,1,5-7,10H2,2-3H3. The first-order valence-electron chi connectivity index (χ1n) is 4.33. The molecular weight excluding hydrogens is 136 g/mol. The number of nitrogens with two attached hydrogens (primary N) is 1. The van der Waals surface area contributed by atoms with Crippen molar-refractivity contribution in [3.8, 4) is 0 Å². The van der Waals surface area contributed by atoms with Crippen molar-refractivity contribution in [2.24, 2.45) is 11.8 Å². The van der Waals surface area contributed by atoms with Crippen LogP contribution in [0.4, 0.5) is 0 Å². The summed E-state index contributed by atoms with van der Waals surface area (Å²) < 4.78 is 0. The third-order valence-electron chi connectivity index (χ3n) is 2.23. The van der Waals surface area contributed by atoms with E-state index in [1.807, 2.05) is 6.08 Å². The van der Waals surface area contributed by atoms with Crippen LogP contribution in [0.25, 0.3) is 0 Å². The number of allylic oxidation sites excluding steroid dienone is 1. The molecule has 0 saturated heterocycles. The summed E-state index contributed by atoms with van der Waals surface area (Å²) in [4.78, 5) is 0. The molecule has 66 valence electrons. The van der Waals surface area contributed by atoms with E-state index in [1.54, 1.807) is 0 Å². The van der Waals surface area contributed by atoms with Crippen molar-refractivity contribution in [1.29, 1.82) is 0 Å². The molecule has 0 amide bonds.